The number of anilines is 2. The standard InChI is InChI=1S/C85H120N28O23/c1-48-16-18-51(19-17-48)11-10-15-66(116)91-26-8-5-13-60(77(124)102-58(72(86)120)12-4-7-27-92-68(118)45-136-88)100-69(119)44-135-34-33-134-32-31-133-30-28-93-76(123)59-14-6-9-29-113-42-56(111-112-113)37-62(101-67(117)25-24-61(84(131)132)104-75(122)52-20-22-53(23-21-52)94-40-57-41-95-73-71(99-57)83(130)110-85(87)109-73)78(125)105-63(35-54-38-89-46-96-54)79(126)107-65(43-114)81(128)106-64(36-55-39-90-47-97-55)80(127)108-70(50(3)115)82(129)98-49(2)74(121)103-59/h16-23,38-39,41-42,46-47,49-50,58-65,70,94,114-115H,4-15,24-37,40,43-45,88H2,1-3H3,(H2,86,120)(H,89,96)(H,90,97)(H,91,116)(H,92,118)(H,93,123)(H,98,129)(H,100,119)(H,101,117)(H,102,124)(H,103,121)(H,104,122)(H,105,125)(H,106,128)(H,107,126)(H,108,127)(H,131,132)(H3,87,95,109,110,130)/t49-,50+,58+,59+,60+,61+,62+,63-,64-,65-,70-/m1/s1. The number of nitrogens with two attached hydrogens (primary N) is 3. The van der Waals surface area contributed by atoms with Gasteiger partial charge in [0.25, 0.3) is 11.5 Å². The number of ether oxygens (including phenoxy) is 3. The third-order valence-electron chi connectivity index (χ3n) is 21.2. The monoisotopic (exact) mass is 1900 g/mol. The van der Waals surface area contributed by atoms with E-state index in [0.717, 1.165) is 24.5 Å². The third-order valence-corrected chi connectivity index (χ3v) is 21.2. The molecule has 51 heteroatoms. The molecule has 51 nitrogen and oxygen atoms in total. The van der Waals surface area contributed by atoms with E-state index in [1.807, 2.05) is 31.2 Å². The Morgan fingerprint density at radius 1 is 0.625 bits per heavy atom. The number of aromatic nitrogens is 11. The highest BCUT2D eigenvalue weighted by Gasteiger charge is 2.37. The molecule has 2 aromatic carbocycles. The van der Waals surface area contributed by atoms with Crippen molar-refractivity contribution in [3.05, 3.63) is 136 Å². The zero-order chi connectivity index (χ0) is 98.4. The summed E-state index contributed by atoms with van der Waals surface area (Å²) in [6.07, 6.45) is 7.99. The van der Waals surface area contributed by atoms with Crippen LogP contribution < -0.4 is 97.4 Å². The molecule has 1 aliphatic rings. The number of carbonyl (C=O) groups excluding carboxylic acids is 14. The molecule has 0 unspecified atom stereocenters. The van der Waals surface area contributed by atoms with Crippen LogP contribution in [-0.2, 0) is 125 Å². The molecule has 0 saturated heterocycles. The number of nitrogens with zero attached hydrogens (tertiary/aromatic N) is 8. The fourth-order valence-corrected chi connectivity index (χ4v) is 13.7. The van der Waals surface area contributed by atoms with Crippen LogP contribution in [0.1, 0.15) is 142 Å². The number of aryl methyl sites for hydroxylation is 3. The largest absolute Gasteiger partial charge is 0.480 e. The summed E-state index contributed by atoms with van der Waals surface area (Å²) >= 11 is 0. The van der Waals surface area contributed by atoms with Crippen LogP contribution in [0.2, 0.25) is 0 Å². The van der Waals surface area contributed by atoms with E-state index in [-0.39, 0.29) is 156 Å². The molecule has 5 aromatic heterocycles. The first-order valence-electron chi connectivity index (χ1n) is 44.3. The SMILES string of the molecule is Cc1ccc(CCCC(=O)NCCCC[C@H](NC(=O)COCCOCCOCCNC(=O)[C@@H]2CCCCn3cc(nn3)C[C@H](NC(=O)CC[C@H](NC(=O)c3ccc(NCc4cnc5nc(N)[nH]c(=O)c5n4)cc3)C(=O)O)C(=O)N[C@H](Cc3cnc[nH]3)C(=O)N[C@H](CO)C(=O)N[C@H](Cc3cnc[nH]3)C(=O)N[C@H]([C@H](C)O)C(=O)N[C@H](C)C(=O)N2)C(=O)N[C@@H](CCCCNC(=O)CON)C(N)=O)cc1. The second-order valence-electron chi connectivity index (χ2n) is 32.1. The first-order valence-corrected chi connectivity index (χ1v) is 44.3. The topological polar surface area (TPSA) is 760 Å². The number of aliphatic hydroxyl groups excluding tert-OH is 2. The lowest BCUT2D eigenvalue weighted by atomic mass is 10.1. The summed E-state index contributed by atoms with van der Waals surface area (Å²) in [4.78, 5) is 249. The molecular formula is C85H120N28O23. The van der Waals surface area contributed by atoms with Crippen molar-refractivity contribution in [2.75, 3.05) is 83.5 Å². The van der Waals surface area contributed by atoms with Gasteiger partial charge in [-0.2, -0.15) is 4.98 Å². The Kier molecular flexibility index (Phi) is 44.5. The molecule has 0 radical (unpaired) electrons. The van der Waals surface area contributed by atoms with Gasteiger partial charge in [-0.05, 0) is 128 Å². The number of hydrogen-bond acceptors (Lipinski definition) is 32. The van der Waals surface area contributed by atoms with Gasteiger partial charge in [0.1, 0.15) is 73.6 Å². The maximum Gasteiger partial charge on any atom is 0.326 e. The number of nitrogen functional groups attached to an aromatic ring is 1. The zero-order valence-corrected chi connectivity index (χ0v) is 75.5. The number of aliphatic hydroxyl groups is 2. The summed E-state index contributed by atoms with van der Waals surface area (Å²) in [5.41, 5.74) is 14.4. The van der Waals surface area contributed by atoms with Crippen LogP contribution in [0.5, 0.6) is 0 Å². The van der Waals surface area contributed by atoms with Crippen molar-refractivity contribution in [1.29, 1.82) is 0 Å². The van der Waals surface area contributed by atoms with Crippen molar-refractivity contribution in [3.63, 3.8) is 0 Å². The molecule has 14 amide bonds. The van der Waals surface area contributed by atoms with Crippen molar-refractivity contribution < 1.29 is 106 Å². The molecule has 1 aliphatic heterocycles. The Hall–Kier alpha value is -14.4. The molecule has 0 fully saturated rings. The minimum atomic E-state index is -1.88. The molecule has 7 aromatic rings. The highest BCUT2D eigenvalue weighted by atomic mass is 16.6. The predicted molar refractivity (Wildman–Crippen MR) is 481 cm³/mol. The maximum absolute atomic E-state index is 14.8. The predicted octanol–water partition coefficient (Wildman–Crippen LogP) is -5.98. The second-order valence-corrected chi connectivity index (χ2v) is 32.1. The summed E-state index contributed by atoms with van der Waals surface area (Å²) in [5, 5.41) is 76.9. The molecule has 26 N–H and O–H groups in total. The number of benzene rings is 2. The number of nitrogens with one attached hydrogen (secondary N) is 17. The number of carbonyl (C=O) groups is 15. The van der Waals surface area contributed by atoms with E-state index >= 15 is 0 Å². The molecule has 8 rings (SSSR count). The lowest BCUT2D eigenvalue weighted by Crippen LogP contribution is -2.62. The van der Waals surface area contributed by atoms with E-state index in [1.165, 1.54) is 73.3 Å². The number of aliphatic carboxylic acids is 1. The van der Waals surface area contributed by atoms with E-state index in [2.05, 4.69) is 129 Å². The molecule has 0 spiro atoms. The highest BCUT2D eigenvalue weighted by molar-refractivity contribution is 6.00. The van der Waals surface area contributed by atoms with Crippen LogP contribution in [0.15, 0.2) is 90.8 Å². The van der Waals surface area contributed by atoms with E-state index in [0.29, 0.717) is 56.5 Å². The van der Waals surface area contributed by atoms with Crippen molar-refractivity contribution in [1.82, 2.24) is 124 Å². The molecule has 0 aliphatic carbocycles. The van der Waals surface area contributed by atoms with Crippen LogP contribution in [0.4, 0.5) is 11.6 Å². The van der Waals surface area contributed by atoms with Gasteiger partial charge >= 0.3 is 5.97 Å². The zero-order valence-electron chi connectivity index (χ0n) is 75.5. The number of amides is 14. The number of H-pyrrole nitrogens is 3. The number of aromatic amines is 3. The maximum atomic E-state index is 14.8. The van der Waals surface area contributed by atoms with E-state index in [1.54, 1.807) is 0 Å². The van der Waals surface area contributed by atoms with Gasteiger partial charge in [-0.15, -0.1) is 5.10 Å². The Balaban J connectivity index is 0.882. The van der Waals surface area contributed by atoms with Crippen LogP contribution in [0, 0.1) is 6.92 Å². The van der Waals surface area contributed by atoms with E-state index in [9.17, 15) is 92.0 Å². The third kappa shape index (κ3) is 37.6. The Bertz CT molecular complexity index is 5160. The summed E-state index contributed by atoms with van der Waals surface area (Å²) in [6, 6.07) is -1.42. The van der Waals surface area contributed by atoms with Gasteiger partial charge in [0, 0.05) is 99.5 Å². The molecule has 738 valence electrons. The number of rotatable bonds is 48. The van der Waals surface area contributed by atoms with Crippen molar-refractivity contribution >= 4 is 111 Å². The molecule has 2 bridgehead atoms. The molecule has 11 atom stereocenters. The number of unbranched alkanes of at least 4 members (excludes halogenated alkanes) is 2. The normalized spacial score (nSPS) is 18.1. The van der Waals surface area contributed by atoms with Crippen molar-refractivity contribution in [3.8, 4) is 0 Å². The molecule has 136 heavy (non-hydrogen) atoms. The summed E-state index contributed by atoms with van der Waals surface area (Å²) < 4.78 is 18.2. The van der Waals surface area contributed by atoms with Gasteiger partial charge in [-0.3, -0.25) is 86.4 Å². The van der Waals surface area contributed by atoms with Crippen LogP contribution in [0.3, 0.4) is 0 Å². The average molecular weight is 1900 g/mol. The van der Waals surface area contributed by atoms with Gasteiger partial charge in [-0.1, -0.05) is 35.0 Å². The fourth-order valence-electron chi connectivity index (χ4n) is 13.7. The lowest BCUT2D eigenvalue weighted by molar-refractivity contribution is -0.140. The minimum Gasteiger partial charge on any atom is -0.480 e. The first kappa shape index (κ1) is 107. The fraction of sp³-hybridized carbons (Fsp3) is 0.518. The number of carboxylic acids is 1. The molecular weight excluding hydrogens is 1780 g/mol. The summed E-state index contributed by atoms with van der Waals surface area (Å²) in [6.45, 7) is 3.00. The Morgan fingerprint density at radius 3 is 1.91 bits per heavy atom. The number of imidazole rings is 2. The number of primary amides is 1. The molecule has 0 saturated carbocycles. The summed E-state index contributed by atoms with van der Waals surface area (Å²) in [5.74, 6) is -8.28. The lowest BCUT2D eigenvalue weighted by Gasteiger charge is -2.27. The minimum absolute atomic E-state index is 0.0101. The highest BCUT2D eigenvalue weighted by Crippen LogP contribution is 2.17. The van der Waals surface area contributed by atoms with E-state index in [4.69, 9.17) is 31.6 Å². The van der Waals surface area contributed by atoms with Gasteiger partial charge < -0.3 is 125 Å². The van der Waals surface area contributed by atoms with Gasteiger partial charge in [0.2, 0.25) is 82.7 Å². The number of hydrogen-bond donors (Lipinski definition) is 23. The quantitative estimate of drug-likeness (QED) is 0.0125. The van der Waals surface area contributed by atoms with Crippen LogP contribution in [0.25, 0.3) is 11.2 Å². The Labute approximate surface area is 779 Å². The number of fused-ring (bicyclic) bond motifs is 3. The average Bonchev–Trinajstić information content (AvgIpc) is 1.11. The van der Waals surface area contributed by atoms with Gasteiger partial charge in [0.05, 0.1) is 82.5 Å². The second kappa shape index (κ2) is 56.6. The summed E-state index contributed by atoms with van der Waals surface area (Å²) in [7, 11) is 0. The Morgan fingerprint density at radius 2 is 1.26 bits per heavy atom. The first-order chi connectivity index (χ1) is 65.3. The van der Waals surface area contributed by atoms with Crippen LogP contribution >= 0.6 is 0 Å². The van der Waals surface area contributed by atoms with Gasteiger partial charge in [-0.25, -0.2) is 30.6 Å². The number of carboxylic acid groups (broad SMARTS) is 1. The van der Waals surface area contributed by atoms with E-state index < -0.39 is 187 Å². The smallest absolute Gasteiger partial charge is 0.326 e. The van der Waals surface area contributed by atoms with Gasteiger partial charge in [0.15, 0.2) is 11.2 Å². The molecule has 6 heterocycles. The van der Waals surface area contributed by atoms with Crippen molar-refractivity contribution in [2.24, 2.45) is 11.6 Å². The van der Waals surface area contributed by atoms with Crippen molar-refractivity contribution in [2.45, 2.75) is 210 Å². The van der Waals surface area contributed by atoms with Crippen LogP contribution in [-0.4, -0.2) is 298 Å².